The zero-order valence-corrected chi connectivity index (χ0v) is 13.1. The van der Waals surface area contributed by atoms with E-state index >= 15 is 0 Å². The van der Waals surface area contributed by atoms with Crippen molar-refractivity contribution in [3.8, 4) is 0 Å². The molecule has 0 saturated heterocycles. The number of thiophene rings is 1. The summed E-state index contributed by atoms with van der Waals surface area (Å²) in [6, 6.07) is 8.43. The van der Waals surface area contributed by atoms with Crippen molar-refractivity contribution in [2.45, 2.75) is 13.5 Å². The minimum Gasteiger partial charge on any atom is -0.469 e. The molecule has 3 aromatic rings. The van der Waals surface area contributed by atoms with Gasteiger partial charge in [0.15, 0.2) is 0 Å². The molecule has 0 saturated carbocycles. The minimum atomic E-state index is -0.781. The summed E-state index contributed by atoms with van der Waals surface area (Å²) in [5, 5.41) is 1.88. The van der Waals surface area contributed by atoms with Gasteiger partial charge in [0.25, 0.3) is 5.91 Å². The minimum absolute atomic E-state index is 0.0328. The van der Waals surface area contributed by atoms with Crippen molar-refractivity contribution in [1.29, 1.82) is 0 Å². The molecule has 0 aliphatic rings. The average Bonchev–Trinajstić information content (AvgIpc) is 3.16. The Labute approximate surface area is 135 Å². The van der Waals surface area contributed by atoms with Crippen LogP contribution in [0.5, 0.6) is 0 Å². The highest BCUT2D eigenvalue weighted by molar-refractivity contribution is 7.09. The fourth-order valence-corrected chi connectivity index (χ4v) is 2.97. The smallest absolute Gasteiger partial charge is 0.262 e. The maximum atomic E-state index is 14.2. The third-order valence-electron chi connectivity index (χ3n) is 3.43. The number of halogens is 2. The second kappa shape index (κ2) is 6.34. The van der Waals surface area contributed by atoms with Gasteiger partial charge in [0.1, 0.15) is 17.4 Å². The molecule has 6 heteroatoms. The summed E-state index contributed by atoms with van der Waals surface area (Å²) < 4.78 is 32.5. The number of carbonyl (C=O) groups is 1. The number of aryl methyl sites for hydroxylation is 1. The van der Waals surface area contributed by atoms with E-state index < -0.39 is 17.5 Å². The van der Waals surface area contributed by atoms with Crippen molar-refractivity contribution < 1.29 is 18.0 Å². The van der Waals surface area contributed by atoms with E-state index in [1.807, 2.05) is 17.5 Å². The van der Waals surface area contributed by atoms with Gasteiger partial charge in [-0.05, 0) is 36.6 Å². The van der Waals surface area contributed by atoms with Crippen LogP contribution < -0.4 is 4.90 Å². The Morgan fingerprint density at radius 2 is 2.09 bits per heavy atom. The molecule has 0 bridgehead atoms. The lowest BCUT2D eigenvalue weighted by Crippen LogP contribution is -2.31. The van der Waals surface area contributed by atoms with E-state index in [4.69, 9.17) is 4.42 Å². The molecular formula is C17H13F2NO2S. The van der Waals surface area contributed by atoms with Crippen molar-refractivity contribution >= 4 is 22.9 Å². The van der Waals surface area contributed by atoms with Crippen LogP contribution in [0.15, 0.2) is 52.5 Å². The molecule has 2 aromatic heterocycles. The molecule has 3 rings (SSSR count). The predicted octanol–water partition coefficient (Wildman–Crippen LogP) is 4.77. The zero-order chi connectivity index (χ0) is 16.4. The van der Waals surface area contributed by atoms with Crippen LogP contribution in [0, 0.1) is 18.6 Å². The highest BCUT2D eigenvalue weighted by atomic mass is 32.1. The summed E-state index contributed by atoms with van der Waals surface area (Å²) in [6.45, 7) is 1.86. The van der Waals surface area contributed by atoms with Crippen LogP contribution in [0.3, 0.4) is 0 Å². The monoisotopic (exact) mass is 333 g/mol. The first kappa shape index (κ1) is 15.4. The molecule has 2 heterocycles. The van der Waals surface area contributed by atoms with Gasteiger partial charge >= 0.3 is 0 Å². The van der Waals surface area contributed by atoms with Crippen molar-refractivity contribution in [2.24, 2.45) is 0 Å². The lowest BCUT2D eigenvalue weighted by molar-refractivity contribution is 0.0983. The molecular weight excluding hydrogens is 320 g/mol. The van der Waals surface area contributed by atoms with E-state index in [9.17, 15) is 13.6 Å². The molecule has 0 unspecified atom stereocenters. The first-order valence-corrected chi connectivity index (χ1v) is 7.77. The lowest BCUT2D eigenvalue weighted by atomic mass is 10.2. The van der Waals surface area contributed by atoms with Crippen molar-refractivity contribution in [2.75, 3.05) is 4.90 Å². The topological polar surface area (TPSA) is 33.5 Å². The number of amides is 1. The number of hydrogen-bond donors (Lipinski definition) is 0. The maximum Gasteiger partial charge on any atom is 0.262 e. The van der Waals surface area contributed by atoms with Gasteiger partial charge in [-0.25, -0.2) is 8.78 Å². The van der Waals surface area contributed by atoms with Gasteiger partial charge in [-0.2, -0.15) is 0 Å². The normalized spacial score (nSPS) is 10.7. The van der Waals surface area contributed by atoms with Crippen LogP contribution in [0.25, 0.3) is 0 Å². The van der Waals surface area contributed by atoms with Crippen molar-refractivity contribution in [1.82, 2.24) is 0 Å². The fourth-order valence-electron chi connectivity index (χ4n) is 2.28. The van der Waals surface area contributed by atoms with Crippen molar-refractivity contribution in [3.63, 3.8) is 0 Å². The van der Waals surface area contributed by atoms with Crippen LogP contribution in [0.1, 0.15) is 21.0 Å². The van der Waals surface area contributed by atoms with E-state index in [2.05, 4.69) is 0 Å². The highest BCUT2D eigenvalue weighted by Crippen LogP contribution is 2.26. The van der Waals surface area contributed by atoms with Crippen LogP contribution >= 0.6 is 11.3 Å². The van der Waals surface area contributed by atoms with E-state index in [-0.39, 0.29) is 12.2 Å². The van der Waals surface area contributed by atoms with Crippen LogP contribution in [0.2, 0.25) is 0 Å². The molecule has 1 aromatic carbocycles. The number of carbonyl (C=O) groups excluding carboxylic acids is 1. The number of anilines is 1. The Kier molecular flexibility index (Phi) is 4.25. The predicted molar refractivity (Wildman–Crippen MR) is 84.6 cm³/mol. The van der Waals surface area contributed by atoms with Crippen molar-refractivity contribution in [3.05, 3.63) is 75.9 Å². The number of furan rings is 1. The molecule has 23 heavy (non-hydrogen) atoms. The van der Waals surface area contributed by atoms with Gasteiger partial charge in [0.2, 0.25) is 0 Å². The zero-order valence-electron chi connectivity index (χ0n) is 12.3. The number of hydrogen-bond acceptors (Lipinski definition) is 3. The van der Waals surface area contributed by atoms with Gasteiger partial charge in [-0.3, -0.25) is 4.79 Å². The van der Waals surface area contributed by atoms with Gasteiger partial charge in [0, 0.05) is 10.9 Å². The molecule has 118 valence electrons. The summed E-state index contributed by atoms with van der Waals surface area (Å²) in [5.41, 5.74) is 0.385. The Balaban J connectivity index is 2.03. The maximum absolute atomic E-state index is 14.2. The van der Waals surface area contributed by atoms with Gasteiger partial charge < -0.3 is 9.32 Å². The summed E-state index contributed by atoms with van der Waals surface area (Å²) in [6.07, 6.45) is 1.41. The highest BCUT2D eigenvalue weighted by Gasteiger charge is 2.24. The summed E-state index contributed by atoms with van der Waals surface area (Å²) in [5.74, 6) is -1.41. The third kappa shape index (κ3) is 3.17. The molecule has 0 aliphatic carbocycles. The Morgan fingerprint density at radius 3 is 2.70 bits per heavy atom. The van der Waals surface area contributed by atoms with Crippen LogP contribution in [0.4, 0.5) is 14.5 Å². The third-order valence-corrected chi connectivity index (χ3v) is 4.29. The van der Waals surface area contributed by atoms with E-state index in [0.717, 1.165) is 17.0 Å². The molecule has 1 amide bonds. The first-order valence-electron chi connectivity index (χ1n) is 6.89. The molecule has 3 nitrogen and oxygen atoms in total. The Hall–Kier alpha value is -2.47. The molecule has 0 fully saturated rings. The quantitative estimate of drug-likeness (QED) is 0.689. The number of nitrogens with zero attached hydrogens (tertiary/aromatic N) is 1. The molecule has 0 N–H and O–H groups in total. The molecule has 0 spiro atoms. The molecule has 0 aliphatic heterocycles. The number of rotatable bonds is 4. The Bertz CT molecular complexity index is 827. The second-order valence-corrected chi connectivity index (χ2v) is 5.99. The van der Waals surface area contributed by atoms with E-state index in [1.165, 1.54) is 28.6 Å². The SMILES string of the molecule is Cc1occc1C(=O)N(Cc1cccs1)c1ccc(F)cc1F. The Morgan fingerprint density at radius 1 is 1.26 bits per heavy atom. The standard InChI is InChI=1S/C17H13F2NO2S/c1-11-14(6-7-22-11)17(21)20(10-13-3-2-8-23-13)16-5-4-12(18)9-15(16)19/h2-9H,10H2,1H3. The van der Waals surface area contributed by atoms with Crippen LogP contribution in [-0.2, 0) is 6.54 Å². The van der Waals surface area contributed by atoms with Gasteiger partial charge in [0.05, 0.1) is 24.1 Å². The first-order chi connectivity index (χ1) is 11.1. The average molecular weight is 333 g/mol. The summed E-state index contributed by atoms with van der Waals surface area (Å²) in [7, 11) is 0. The van der Waals surface area contributed by atoms with E-state index in [0.29, 0.717) is 11.3 Å². The summed E-state index contributed by atoms with van der Waals surface area (Å²) in [4.78, 5) is 15.0. The summed E-state index contributed by atoms with van der Waals surface area (Å²) >= 11 is 1.46. The van der Waals surface area contributed by atoms with Gasteiger partial charge in [-0.1, -0.05) is 6.07 Å². The van der Waals surface area contributed by atoms with E-state index in [1.54, 1.807) is 13.0 Å². The second-order valence-electron chi connectivity index (χ2n) is 4.96. The largest absolute Gasteiger partial charge is 0.469 e. The van der Waals surface area contributed by atoms with Crippen LogP contribution in [-0.4, -0.2) is 5.91 Å². The van der Waals surface area contributed by atoms with Gasteiger partial charge in [-0.15, -0.1) is 11.3 Å². The fraction of sp³-hybridized carbons (Fsp3) is 0.118. The lowest BCUT2D eigenvalue weighted by Gasteiger charge is -2.22. The number of benzene rings is 1. The molecule has 0 atom stereocenters. The molecule has 0 radical (unpaired) electrons.